The lowest BCUT2D eigenvalue weighted by atomic mass is 10.1. The Hall–Kier alpha value is -2.89. The van der Waals surface area contributed by atoms with E-state index in [1.54, 1.807) is 0 Å². The van der Waals surface area contributed by atoms with Gasteiger partial charge in [0.25, 0.3) is 0 Å². The SMILES string of the molecule is CCCC/C=C\C=C/CCCCCC(=O)OCC(COC(=O)CCCCC/C=C\CCCCCCCCC)OC(=O)CCCCC/C=C\C=C/CCCC. The first-order chi connectivity index (χ1) is 26.5. The van der Waals surface area contributed by atoms with Crippen LogP contribution in [0, 0.1) is 0 Å². The van der Waals surface area contributed by atoms with Crippen molar-refractivity contribution in [2.24, 2.45) is 0 Å². The molecule has 6 heteroatoms. The zero-order chi connectivity index (χ0) is 39.4. The molecule has 0 aliphatic heterocycles. The Bertz CT molecular complexity index is 1010. The van der Waals surface area contributed by atoms with E-state index in [4.69, 9.17) is 14.2 Å². The lowest BCUT2D eigenvalue weighted by Gasteiger charge is -2.18. The minimum Gasteiger partial charge on any atom is -0.462 e. The number of rotatable bonds is 39. The van der Waals surface area contributed by atoms with Crippen LogP contribution in [0.3, 0.4) is 0 Å². The molecule has 0 aliphatic carbocycles. The van der Waals surface area contributed by atoms with Gasteiger partial charge in [-0.15, -0.1) is 0 Å². The van der Waals surface area contributed by atoms with Crippen LogP contribution in [0.15, 0.2) is 60.8 Å². The van der Waals surface area contributed by atoms with E-state index in [-0.39, 0.29) is 37.5 Å². The number of hydrogen-bond donors (Lipinski definition) is 0. The van der Waals surface area contributed by atoms with Gasteiger partial charge in [0.05, 0.1) is 0 Å². The first-order valence-corrected chi connectivity index (χ1v) is 22.3. The summed E-state index contributed by atoms with van der Waals surface area (Å²) in [7, 11) is 0. The summed E-state index contributed by atoms with van der Waals surface area (Å²) in [5.74, 6) is -0.980. The van der Waals surface area contributed by atoms with Gasteiger partial charge in [-0.05, 0) is 83.5 Å². The van der Waals surface area contributed by atoms with Crippen molar-refractivity contribution in [1.29, 1.82) is 0 Å². The number of allylic oxidation sites excluding steroid dienone is 10. The Labute approximate surface area is 332 Å². The van der Waals surface area contributed by atoms with Crippen molar-refractivity contribution in [3.8, 4) is 0 Å². The summed E-state index contributed by atoms with van der Waals surface area (Å²) in [6, 6.07) is 0. The summed E-state index contributed by atoms with van der Waals surface area (Å²) < 4.78 is 16.6. The smallest absolute Gasteiger partial charge is 0.306 e. The molecule has 6 nitrogen and oxygen atoms in total. The number of carbonyl (C=O) groups is 3. The molecule has 0 fully saturated rings. The Balaban J connectivity index is 4.47. The molecule has 0 saturated heterocycles. The standard InChI is InChI=1S/C48H82O6/c1-4-7-10-13-16-19-22-23-24-27-29-32-35-38-41-47(50)53-44-45(54-48(51)42-39-36-33-30-26-21-18-15-12-9-6-3)43-52-46(49)40-37-34-31-28-25-20-17-14-11-8-5-2/h14-15,17-18,20-21,24-27,45H,4-13,16,19,22-23,28-44H2,1-3H3/b17-14-,18-15-,25-20-,26-21-,27-24-. The van der Waals surface area contributed by atoms with Crippen LogP contribution in [0.5, 0.6) is 0 Å². The van der Waals surface area contributed by atoms with Crippen molar-refractivity contribution in [3.05, 3.63) is 60.8 Å². The van der Waals surface area contributed by atoms with Gasteiger partial charge in [0, 0.05) is 19.3 Å². The third-order valence-electron chi connectivity index (χ3n) is 9.27. The van der Waals surface area contributed by atoms with E-state index in [1.807, 2.05) is 0 Å². The highest BCUT2D eigenvalue weighted by Gasteiger charge is 2.19. The Morgan fingerprint density at radius 1 is 0.370 bits per heavy atom. The third kappa shape index (κ3) is 40.3. The minimum atomic E-state index is -0.801. The van der Waals surface area contributed by atoms with E-state index < -0.39 is 6.10 Å². The molecule has 0 amide bonds. The van der Waals surface area contributed by atoms with Crippen LogP contribution in [-0.4, -0.2) is 37.2 Å². The molecule has 0 bridgehead atoms. The zero-order valence-electron chi connectivity index (χ0n) is 35.2. The predicted molar refractivity (Wildman–Crippen MR) is 228 cm³/mol. The topological polar surface area (TPSA) is 78.9 Å². The first kappa shape index (κ1) is 51.1. The summed E-state index contributed by atoms with van der Waals surface area (Å²) >= 11 is 0. The predicted octanol–water partition coefficient (Wildman–Crippen LogP) is 14.1. The van der Waals surface area contributed by atoms with Crippen LogP contribution in [0.25, 0.3) is 0 Å². The average Bonchev–Trinajstić information content (AvgIpc) is 3.17. The molecule has 0 aromatic heterocycles. The second-order valence-electron chi connectivity index (χ2n) is 14.7. The van der Waals surface area contributed by atoms with Crippen LogP contribution in [0.4, 0.5) is 0 Å². The molecular weight excluding hydrogens is 673 g/mol. The lowest BCUT2D eigenvalue weighted by Crippen LogP contribution is -2.30. The van der Waals surface area contributed by atoms with Crippen molar-refractivity contribution < 1.29 is 28.6 Å². The molecule has 0 aromatic rings. The lowest BCUT2D eigenvalue weighted by molar-refractivity contribution is -0.167. The van der Waals surface area contributed by atoms with E-state index in [0.29, 0.717) is 12.8 Å². The minimum absolute atomic E-state index is 0.102. The Morgan fingerprint density at radius 3 is 1.09 bits per heavy atom. The molecule has 0 aliphatic rings. The third-order valence-corrected chi connectivity index (χ3v) is 9.27. The van der Waals surface area contributed by atoms with Crippen molar-refractivity contribution in [2.75, 3.05) is 13.2 Å². The highest BCUT2D eigenvalue weighted by molar-refractivity contribution is 5.71. The van der Waals surface area contributed by atoms with E-state index in [9.17, 15) is 14.4 Å². The highest BCUT2D eigenvalue weighted by Crippen LogP contribution is 2.12. The average molecular weight is 755 g/mol. The van der Waals surface area contributed by atoms with E-state index in [0.717, 1.165) is 96.3 Å². The first-order valence-electron chi connectivity index (χ1n) is 22.3. The quantitative estimate of drug-likeness (QED) is 0.0204. The van der Waals surface area contributed by atoms with Gasteiger partial charge in [-0.25, -0.2) is 0 Å². The van der Waals surface area contributed by atoms with Crippen molar-refractivity contribution in [2.45, 2.75) is 213 Å². The summed E-state index contributed by atoms with van der Waals surface area (Å²) in [5.41, 5.74) is 0. The van der Waals surface area contributed by atoms with Gasteiger partial charge < -0.3 is 14.2 Å². The molecular formula is C48H82O6. The summed E-state index contributed by atoms with van der Waals surface area (Å²) in [5, 5.41) is 0. The molecule has 0 rings (SSSR count). The van der Waals surface area contributed by atoms with Gasteiger partial charge in [-0.2, -0.15) is 0 Å². The number of ether oxygens (including phenoxy) is 3. The van der Waals surface area contributed by atoms with Crippen molar-refractivity contribution in [3.63, 3.8) is 0 Å². The molecule has 0 spiro atoms. The van der Waals surface area contributed by atoms with Crippen LogP contribution >= 0.6 is 0 Å². The molecule has 0 radical (unpaired) electrons. The largest absolute Gasteiger partial charge is 0.462 e. The Kier molecular flexibility index (Phi) is 40.6. The van der Waals surface area contributed by atoms with Gasteiger partial charge in [0.2, 0.25) is 0 Å². The fourth-order valence-electron chi connectivity index (χ4n) is 5.80. The number of hydrogen-bond acceptors (Lipinski definition) is 6. The maximum atomic E-state index is 12.7. The normalized spacial score (nSPS) is 12.6. The maximum absolute atomic E-state index is 12.7. The molecule has 1 unspecified atom stereocenters. The number of unbranched alkanes of at least 4 members (excludes halogenated alkanes) is 20. The van der Waals surface area contributed by atoms with Gasteiger partial charge in [-0.3, -0.25) is 14.4 Å². The molecule has 0 aromatic carbocycles. The van der Waals surface area contributed by atoms with Gasteiger partial charge in [-0.1, -0.05) is 165 Å². The van der Waals surface area contributed by atoms with Crippen molar-refractivity contribution in [1.82, 2.24) is 0 Å². The number of carbonyl (C=O) groups excluding carboxylic acids is 3. The zero-order valence-corrected chi connectivity index (χ0v) is 35.2. The number of esters is 3. The summed E-state index contributed by atoms with van der Waals surface area (Å²) in [6.07, 6.45) is 50.6. The molecule has 0 saturated carbocycles. The van der Waals surface area contributed by atoms with Crippen LogP contribution in [0.2, 0.25) is 0 Å². The molecule has 0 N–H and O–H groups in total. The Morgan fingerprint density at radius 2 is 0.685 bits per heavy atom. The highest BCUT2D eigenvalue weighted by atomic mass is 16.6. The van der Waals surface area contributed by atoms with E-state index in [1.165, 1.54) is 70.6 Å². The molecule has 54 heavy (non-hydrogen) atoms. The van der Waals surface area contributed by atoms with Crippen molar-refractivity contribution >= 4 is 17.9 Å². The summed E-state index contributed by atoms with van der Waals surface area (Å²) in [6.45, 7) is 6.44. The van der Waals surface area contributed by atoms with Gasteiger partial charge in [0.1, 0.15) is 13.2 Å². The van der Waals surface area contributed by atoms with Crippen LogP contribution < -0.4 is 0 Å². The van der Waals surface area contributed by atoms with Crippen LogP contribution in [-0.2, 0) is 28.6 Å². The molecule has 310 valence electrons. The van der Waals surface area contributed by atoms with E-state index in [2.05, 4.69) is 81.5 Å². The second-order valence-corrected chi connectivity index (χ2v) is 14.7. The molecule has 0 heterocycles. The fraction of sp³-hybridized carbons (Fsp3) is 0.729. The second kappa shape index (κ2) is 42.8. The maximum Gasteiger partial charge on any atom is 0.306 e. The fourth-order valence-corrected chi connectivity index (χ4v) is 5.80. The van der Waals surface area contributed by atoms with Gasteiger partial charge in [0.15, 0.2) is 6.10 Å². The monoisotopic (exact) mass is 755 g/mol. The van der Waals surface area contributed by atoms with Gasteiger partial charge >= 0.3 is 17.9 Å². The summed E-state index contributed by atoms with van der Waals surface area (Å²) in [4.78, 5) is 37.6. The van der Waals surface area contributed by atoms with Crippen LogP contribution in [0.1, 0.15) is 207 Å². The van der Waals surface area contributed by atoms with E-state index >= 15 is 0 Å². The molecule has 1 atom stereocenters.